The van der Waals surface area contributed by atoms with Crippen LogP contribution in [0.4, 0.5) is 0 Å². The smallest absolute Gasteiger partial charge is 0.271 e. The summed E-state index contributed by atoms with van der Waals surface area (Å²) in [6.45, 7) is 0.593. The summed E-state index contributed by atoms with van der Waals surface area (Å²) in [5.41, 5.74) is 5.10. The highest BCUT2D eigenvalue weighted by Crippen LogP contribution is 2.43. The zero-order valence-corrected chi connectivity index (χ0v) is 14.2. The van der Waals surface area contributed by atoms with Crippen molar-refractivity contribution in [1.29, 1.82) is 0 Å². The molecule has 3 heteroatoms. The second kappa shape index (κ2) is 5.88. The highest BCUT2D eigenvalue weighted by atomic mass is 16.2. The van der Waals surface area contributed by atoms with Gasteiger partial charge in [-0.2, -0.15) is 0 Å². The molecule has 0 radical (unpaired) electrons. The zero-order valence-electron chi connectivity index (χ0n) is 14.2. The topological polar surface area (TPSA) is 36.1 Å². The average Bonchev–Trinajstić information content (AvgIpc) is 3.19. The molecular formula is C23H18N2O. The Balaban J connectivity index is 1.68. The maximum Gasteiger partial charge on any atom is 0.271 e. The SMILES string of the molecule is O=C1c2[nH]c3ccccc3c2C(c2ccccc2)N1Cc1ccccc1. The number of nitrogens with zero attached hydrogens (tertiary/aromatic N) is 1. The van der Waals surface area contributed by atoms with Gasteiger partial charge in [0.2, 0.25) is 0 Å². The minimum atomic E-state index is -0.0740. The molecule has 2 heterocycles. The monoisotopic (exact) mass is 338 g/mol. The van der Waals surface area contributed by atoms with Crippen molar-refractivity contribution in [2.75, 3.05) is 0 Å². The van der Waals surface area contributed by atoms with Crippen LogP contribution in [0.2, 0.25) is 0 Å². The Bertz CT molecular complexity index is 1080. The minimum Gasteiger partial charge on any atom is -0.350 e. The third-order valence-corrected chi connectivity index (χ3v) is 5.12. The number of para-hydroxylation sites is 1. The molecule has 3 aromatic carbocycles. The van der Waals surface area contributed by atoms with E-state index in [1.807, 2.05) is 59.5 Å². The molecule has 0 saturated heterocycles. The Kier molecular flexibility index (Phi) is 3.39. The van der Waals surface area contributed by atoms with E-state index in [-0.39, 0.29) is 11.9 Å². The summed E-state index contributed by atoms with van der Waals surface area (Å²) in [4.78, 5) is 18.6. The van der Waals surface area contributed by atoms with Crippen molar-refractivity contribution in [1.82, 2.24) is 9.88 Å². The summed E-state index contributed by atoms with van der Waals surface area (Å²) in [5, 5.41) is 1.13. The Hall–Kier alpha value is -3.33. The predicted octanol–water partition coefficient (Wildman–Crippen LogP) is 4.91. The summed E-state index contributed by atoms with van der Waals surface area (Å²) >= 11 is 0. The quantitative estimate of drug-likeness (QED) is 0.566. The normalized spacial score (nSPS) is 16.2. The molecule has 0 saturated carbocycles. The lowest BCUT2D eigenvalue weighted by molar-refractivity contribution is 0.0732. The van der Waals surface area contributed by atoms with Crippen molar-refractivity contribution in [2.24, 2.45) is 0 Å². The average molecular weight is 338 g/mol. The van der Waals surface area contributed by atoms with Crippen LogP contribution in [0.3, 0.4) is 0 Å². The van der Waals surface area contributed by atoms with Gasteiger partial charge in [-0.1, -0.05) is 78.9 Å². The second-order valence-electron chi connectivity index (χ2n) is 6.69. The molecule has 0 spiro atoms. The summed E-state index contributed by atoms with van der Waals surface area (Å²) in [5.74, 6) is 0.0638. The summed E-state index contributed by atoms with van der Waals surface area (Å²) in [6.07, 6.45) is 0. The van der Waals surface area contributed by atoms with Gasteiger partial charge >= 0.3 is 0 Å². The molecule has 3 nitrogen and oxygen atoms in total. The van der Waals surface area contributed by atoms with E-state index in [1.54, 1.807) is 0 Å². The molecule has 1 aromatic heterocycles. The largest absolute Gasteiger partial charge is 0.350 e. The number of aromatic amines is 1. The first-order valence-corrected chi connectivity index (χ1v) is 8.83. The number of hydrogen-bond donors (Lipinski definition) is 1. The number of fused-ring (bicyclic) bond motifs is 3. The van der Waals surface area contributed by atoms with Gasteiger partial charge in [0.1, 0.15) is 5.69 Å². The first kappa shape index (κ1) is 15.0. The second-order valence-corrected chi connectivity index (χ2v) is 6.69. The van der Waals surface area contributed by atoms with Crippen molar-refractivity contribution in [3.05, 3.63) is 107 Å². The van der Waals surface area contributed by atoms with E-state index in [9.17, 15) is 4.79 Å². The van der Waals surface area contributed by atoms with Crippen molar-refractivity contribution < 1.29 is 4.79 Å². The molecule has 0 fully saturated rings. The predicted molar refractivity (Wildman–Crippen MR) is 103 cm³/mol. The highest BCUT2D eigenvalue weighted by Gasteiger charge is 2.40. The Morgan fingerprint density at radius 2 is 1.46 bits per heavy atom. The number of H-pyrrole nitrogens is 1. The van der Waals surface area contributed by atoms with Crippen molar-refractivity contribution in [2.45, 2.75) is 12.6 Å². The van der Waals surface area contributed by atoms with E-state index in [0.717, 1.165) is 33.3 Å². The van der Waals surface area contributed by atoms with Crippen LogP contribution in [0.25, 0.3) is 10.9 Å². The number of carbonyl (C=O) groups is 1. The molecule has 126 valence electrons. The molecule has 0 bridgehead atoms. The van der Waals surface area contributed by atoms with Crippen LogP contribution >= 0.6 is 0 Å². The van der Waals surface area contributed by atoms with Crippen molar-refractivity contribution in [3.8, 4) is 0 Å². The Labute approximate surface area is 151 Å². The molecule has 1 N–H and O–H groups in total. The number of carbonyl (C=O) groups excluding carboxylic acids is 1. The zero-order chi connectivity index (χ0) is 17.5. The Morgan fingerprint density at radius 1 is 0.808 bits per heavy atom. The molecule has 1 unspecified atom stereocenters. The number of rotatable bonds is 3. The van der Waals surface area contributed by atoms with E-state index in [0.29, 0.717) is 6.54 Å². The van der Waals surface area contributed by atoms with E-state index >= 15 is 0 Å². The maximum atomic E-state index is 13.2. The van der Waals surface area contributed by atoms with Gasteiger partial charge in [0, 0.05) is 23.0 Å². The van der Waals surface area contributed by atoms with Crippen LogP contribution in [0, 0.1) is 0 Å². The van der Waals surface area contributed by atoms with Gasteiger partial charge in [-0.15, -0.1) is 0 Å². The van der Waals surface area contributed by atoms with Crippen molar-refractivity contribution >= 4 is 16.8 Å². The molecule has 1 aliphatic rings. The third-order valence-electron chi connectivity index (χ3n) is 5.12. The molecule has 1 atom stereocenters. The number of nitrogens with one attached hydrogen (secondary N) is 1. The van der Waals surface area contributed by atoms with Crippen LogP contribution in [0.1, 0.15) is 33.2 Å². The third kappa shape index (κ3) is 2.25. The highest BCUT2D eigenvalue weighted by molar-refractivity contribution is 6.05. The molecule has 5 rings (SSSR count). The summed E-state index contributed by atoms with van der Waals surface area (Å²) in [7, 11) is 0. The lowest BCUT2D eigenvalue weighted by Gasteiger charge is -2.26. The number of aromatic nitrogens is 1. The van der Waals surface area contributed by atoms with Crippen LogP contribution < -0.4 is 0 Å². The summed E-state index contributed by atoms with van der Waals surface area (Å²) in [6, 6.07) is 28.5. The fourth-order valence-electron chi connectivity index (χ4n) is 3.96. The maximum absolute atomic E-state index is 13.2. The lowest BCUT2D eigenvalue weighted by atomic mass is 9.98. The van der Waals surface area contributed by atoms with E-state index in [4.69, 9.17) is 0 Å². The fourth-order valence-corrected chi connectivity index (χ4v) is 3.96. The van der Waals surface area contributed by atoms with Crippen LogP contribution in [-0.4, -0.2) is 15.8 Å². The van der Waals surface area contributed by atoms with E-state index in [1.165, 1.54) is 0 Å². The molecular weight excluding hydrogens is 320 g/mol. The van der Waals surface area contributed by atoms with Gasteiger partial charge in [0.25, 0.3) is 5.91 Å². The fraction of sp³-hybridized carbons (Fsp3) is 0.0870. The van der Waals surface area contributed by atoms with Crippen LogP contribution in [0.15, 0.2) is 84.9 Å². The first-order chi connectivity index (χ1) is 12.8. The lowest BCUT2D eigenvalue weighted by Crippen LogP contribution is -2.28. The van der Waals surface area contributed by atoms with Crippen LogP contribution in [0.5, 0.6) is 0 Å². The standard InChI is InChI=1S/C23H18N2O/c26-23-21-20(18-13-7-8-14-19(18)24-21)22(17-11-5-2-6-12-17)25(23)15-16-9-3-1-4-10-16/h1-14,22,24H,15H2. The Morgan fingerprint density at radius 3 is 2.23 bits per heavy atom. The molecule has 1 amide bonds. The number of benzene rings is 3. The van der Waals surface area contributed by atoms with Gasteiger partial charge in [-0.3, -0.25) is 4.79 Å². The van der Waals surface area contributed by atoms with Gasteiger partial charge < -0.3 is 9.88 Å². The minimum absolute atomic E-state index is 0.0638. The number of hydrogen-bond acceptors (Lipinski definition) is 1. The van der Waals surface area contributed by atoms with Gasteiger partial charge in [0.15, 0.2) is 0 Å². The first-order valence-electron chi connectivity index (χ1n) is 8.83. The van der Waals surface area contributed by atoms with Crippen LogP contribution in [-0.2, 0) is 6.54 Å². The van der Waals surface area contributed by atoms with Gasteiger partial charge in [0.05, 0.1) is 6.04 Å². The molecule has 4 aromatic rings. The molecule has 0 aliphatic carbocycles. The van der Waals surface area contributed by atoms with E-state index < -0.39 is 0 Å². The van der Waals surface area contributed by atoms with Gasteiger partial charge in [-0.25, -0.2) is 0 Å². The molecule has 26 heavy (non-hydrogen) atoms. The summed E-state index contributed by atoms with van der Waals surface area (Å²) < 4.78 is 0. The van der Waals surface area contributed by atoms with E-state index in [2.05, 4.69) is 35.3 Å². The molecule has 1 aliphatic heterocycles. The number of amides is 1. The van der Waals surface area contributed by atoms with Gasteiger partial charge in [-0.05, 0) is 17.2 Å². The van der Waals surface area contributed by atoms with Crippen molar-refractivity contribution in [3.63, 3.8) is 0 Å².